The Bertz CT molecular complexity index is 532. The fourth-order valence-corrected chi connectivity index (χ4v) is 1.76. The molecule has 0 aromatic carbocycles. The first kappa shape index (κ1) is 9.78. The molecule has 0 aliphatic carbocycles. The molecule has 2 rings (SSSR count). The van der Waals surface area contributed by atoms with E-state index in [0.29, 0.717) is 16.7 Å². The molecule has 0 bridgehead atoms. The lowest BCUT2D eigenvalue weighted by Crippen LogP contribution is -2.22. The summed E-state index contributed by atoms with van der Waals surface area (Å²) in [7, 11) is 0. The van der Waals surface area contributed by atoms with E-state index >= 15 is 0 Å². The van der Waals surface area contributed by atoms with E-state index in [1.54, 1.807) is 6.20 Å². The van der Waals surface area contributed by atoms with Crippen LogP contribution in [0.4, 0.5) is 5.13 Å². The van der Waals surface area contributed by atoms with Crippen LogP contribution in [0.15, 0.2) is 17.2 Å². The van der Waals surface area contributed by atoms with Crippen molar-refractivity contribution in [3.63, 3.8) is 0 Å². The van der Waals surface area contributed by atoms with Gasteiger partial charge in [0.25, 0.3) is 0 Å². The van der Waals surface area contributed by atoms with Crippen molar-refractivity contribution in [3.05, 3.63) is 33.4 Å². The summed E-state index contributed by atoms with van der Waals surface area (Å²) in [5, 5.41) is 8.61. The second kappa shape index (κ2) is 3.77. The van der Waals surface area contributed by atoms with E-state index in [0.717, 1.165) is 5.56 Å². The number of nitrogens with two attached hydrogens (primary N) is 1. The van der Waals surface area contributed by atoms with E-state index in [1.165, 1.54) is 22.1 Å². The predicted molar refractivity (Wildman–Crippen MR) is 56.7 cm³/mol. The van der Waals surface area contributed by atoms with Gasteiger partial charge in [-0.1, -0.05) is 11.3 Å². The number of rotatable bonds is 2. The Morgan fingerprint density at radius 1 is 1.53 bits per heavy atom. The highest BCUT2D eigenvalue weighted by Crippen LogP contribution is 2.11. The molecule has 0 saturated heterocycles. The number of aryl methyl sites for hydroxylation is 1. The smallest absolute Gasteiger partial charge is 0.347 e. The monoisotopic (exact) mass is 223 g/mol. The van der Waals surface area contributed by atoms with Crippen LogP contribution >= 0.6 is 11.3 Å². The van der Waals surface area contributed by atoms with Crippen molar-refractivity contribution in [3.8, 4) is 0 Å². The Balaban J connectivity index is 2.31. The van der Waals surface area contributed by atoms with Gasteiger partial charge in [0.05, 0.1) is 6.54 Å². The number of aromatic nitrogens is 4. The highest BCUT2D eigenvalue weighted by molar-refractivity contribution is 7.15. The van der Waals surface area contributed by atoms with E-state index < -0.39 is 0 Å². The summed E-state index contributed by atoms with van der Waals surface area (Å²) < 4.78 is 1.48. The van der Waals surface area contributed by atoms with Crippen molar-refractivity contribution < 1.29 is 0 Å². The second-order valence-electron chi connectivity index (χ2n) is 3.08. The topological polar surface area (TPSA) is 86.7 Å². The Hall–Kier alpha value is -1.76. The summed E-state index contributed by atoms with van der Waals surface area (Å²) in [5.74, 6) is 0. The summed E-state index contributed by atoms with van der Waals surface area (Å²) in [6, 6.07) is 0. The molecule has 0 atom stereocenters. The van der Waals surface area contributed by atoms with Crippen LogP contribution in [0.5, 0.6) is 0 Å². The SMILES string of the molecule is Cc1cnc(=O)n(Cc2nnc(N)s2)c1. The Morgan fingerprint density at radius 3 is 3.00 bits per heavy atom. The summed E-state index contributed by atoms with van der Waals surface area (Å²) in [6.07, 6.45) is 3.26. The second-order valence-corrected chi connectivity index (χ2v) is 4.17. The number of hydrogen-bond donors (Lipinski definition) is 1. The lowest BCUT2D eigenvalue weighted by Gasteiger charge is -2.01. The van der Waals surface area contributed by atoms with Gasteiger partial charge in [0, 0.05) is 12.4 Å². The van der Waals surface area contributed by atoms with Crippen molar-refractivity contribution in [2.75, 3.05) is 5.73 Å². The number of nitrogen functional groups attached to an aromatic ring is 1. The summed E-state index contributed by atoms with van der Waals surface area (Å²) in [5.41, 5.74) is 6.07. The first-order valence-electron chi connectivity index (χ1n) is 4.26. The van der Waals surface area contributed by atoms with Gasteiger partial charge in [0.2, 0.25) is 5.13 Å². The molecule has 0 spiro atoms. The van der Waals surface area contributed by atoms with E-state index in [1.807, 2.05) is 6.92 Å². The largest absolute Gasteiger partial charge is 0.374 e. The Kier molecular flexibility index (Phi) is 2.46. The van der Waals surface area contributed by atoms with Crippen molar-refractivity contribution in [1.29, 1.82) is 0 Å². The molecule has 0 unspecified atom stereocenters. The average Bonchev–Trinajstić information content (AvgIpc) is 2.58. The molecule has 0 aliphatic heterocycles. The van der Waals surface area contributed by atoms with E-state index in [2.05, 4.69) is 15.2 Å². The molecule has 0 aliphatic rings. The molecule has 2 heterocycles. The molecule has 78 valence electrons. The quantitative estimate of drug-likeness (QED) is 0.776. The van der Waals surface area contributed by atoms with Gasteiger partial charge in [0.1, 0.15) is 5.01 Å². The molecule has 0 fully saturated rings. The minimum atomic E-state index is -0.297. The van der Waals surface area contributed by atoms with Gasteiger partial charge < -0.3 is 5.73 Å². The molecule has 7 heteroatoms. The van der Waals surface area contributed by atoms with Crippen LogP contribution in [-0.4, -0.2) is 19.7 Å². The van der Waals surface area contributed by atoms with Gasteiger partial charge in [-0.2, -0.15) is 0 Å². The third-order valence-corrected chi connectivity index (χ3v) is 2.51. The summed E-state index contributed by atoms with van der Waals surface area (Å²) >= 11 is 1.27. The first-order chi connectivity index (χ1) is 7.15. The van der Waals surface area contributed by atoms with Gasteiger partial charge in [-0.05, 0) is 12.5 Å². The third-order valence-electron chi connectivity index (χ3n) is 1.77. The minimum absolute atomic E-state index is 0.297. The molecule has 0 radical (unpaired) electrons. The standard InChI is InChI=1S/C8H9N5OS/c1-5-2-10-8(14)13(3-5)4-6-11-12-7(9)15-6/h2-3H,4H2,1H3,(H2,9,12). The molecule has 0 amide bonds. The zero-order chi connectivity index (χ0) is 10.8. The van der Waals surface area contributed by atoms with Crippen LogP contribution in [0.1, 0.15) is 10.6 Å². The molecular weight excluding hydrogens is 214 g/mol. The van der Waals surface area contributed by atoms with Gasteiger partial charge >= 0.3 is 5.69 Å². The lowest BCUT2D eigenvalue weighted by molar-refractivity contribution is 0.710. The maximum Gasteiger partial charge on any atom is 0.347 e. The van der Waals surface area contributed by atoms with Crippen molar-refractivity contribution in [2.45, 2.75) is 13.5 Å². The molecule has 2 aromatic rings. The van der Waals surface area contributed by atoms with Crippen LogP contribution in [-0.2, 0) is 6.54 Å². The minimum Gasteiger partial charge on any atom is -0.374 e. The third kappa shape index (κ3) is 2.18. The highest BCUT2D eigenvalue weighted by Gasteiger charge is 2.04. The molecule has 15 heavy (non-hydrogen) atoms. The maximum absolute atomic E-state index is 11.4. The van der Waals surface area contributed by atoms with Crippen molar-refractivity contribution >= 4 is 16.5 Å². The molecule has 2 N–H and O–H groups in total. The van der Waals surface area contributed by atoms with Crippen LogP contribution in [0, 0.1) is 6.92 Å². The zero-order valence-electron chi connectivity index (χ0n) is 8.04. The summed E-state index contributed by atoms with van der Waals surface area (Å²) in [6.45, 7) is 2.24. The summed E-state index contributed by atoms with van der Waals surface area (Å²) in [4.78, 5) is 15.1. The van der Waals surface area contributed by atoms with Gasteiger partial charge in [0.15, 0.2) is 0 Å². The highest BCUT2D eigenvalue weighted by atomic mass is 32.1. The fraction of sp³-hybridized carbons (Fsp3) is 0.250. The predicted octanol–water partition coefficient (Wildman–Crippen LogP) is 0.0337. The Labute approximate surface area is 89.4 Å². The van der Waals surface area contributed by atoms with Crippen LogP contribution in [0.3, 0.4) is 0 Å². The van der Waals surface area contributed by atoms with E-state index in [4.69, 9.17) is 5.73 Å². The van der Waals surface area contributed by atoms with Crippen LogP contribution in [0.25, 0.3) is 0 Å². The van der Waals surface area contributed by atoms with Gasteiger partial charge in [-0.15, -0.1) is 10.2 Å². The first-order valence-corrected chi connectivity index (χ1v) is 5.08. The van der Waals surface area contributed by atoms with Gasteiger partial charge in [-0.3, -0.25) is 4.57 Å². The zero-order valence-corrected chi connectivity index (χ0v) is 8.86. The van der Waals surface area contributed by atoms with Crippen LogP contribution in [0.2, 0.25) is 0 Å². The van der Waals surface area contributed by atoms with E-state index in [-0.39, 0.29) is 5.69 Å². The molecule has 6 nitrogen and oxygen atoms in total. The maximum atomic E-state index is 11.4. The average molecular weight is 223 g/mol. The normalized spacial score (nSPS) is 10.5. The van der Waals surface area contributed by atoms with Gasteiger partial charge in [-0.25, -0.2) is 9.78 Å². The molecule has 2 aromatic heterocycles. The number of anilines is 1. The fourth-order valence-electron chi connectivity index (χ4n) is 1.16. The van der Waals surface area contributed by atoms with Crippen molar-refractivity contribution in [1.82, 2.24) is 19.7 Å². The number of hydrogen-bond acceptors (Lipinski definition) is 6. The van der Waals surface area contributed by atoms with Crippen LogP contribution < -0.4 is 11.4 Å². The molecule has 0 saturated carbocycles. The molecular formula is C8H9N5OS. The Morgan fingerprint density at radius 2 is 2.33 bits per heavy atom. The lowest BCUT2D eigenvalue weighted by atomic mass is 10.4. The number of nitrogens with zero attached hydrogens (tertiary/aromatic N) is 4. The van der Waals surface area contributed by atoms with Crippen molar-refractivity contribution in [2.24, 2.45) is 0 Å². The van der Waals surface area contributed by atoms with E-state index in [9.17, 15) is 4.79 Å².